The molecule has 0 aliphatic carbocycles. The number of hydrogen-bond donors (Lipinski definition) is 2. The quantitative estimate of drug-likeness (QED) is 0.684. The third-order valence-corrected chi connectivity index (χ3v) is 4.73. The Morgan fingerprint density at radius 2 is 1.96 bits per heavy atom. The van der Waals surface area contributed by atoms with Crippen molar-refractivity contribution in [2.75, 3.05) is 31.4 Å². The topological polar surface area (TPSA) is 56.4 Å². The number of hydrogen-bond acceptors (Lipinski definition) is 5. The molecule has 6 heteroatoms. The fraction of sp³-hybridized carbons (Fsp3) is 0.227. The lowest BCUT2D eigenvalue weighted by Gasteiger charge is -2.28. The van der Waals surface area contributed by atoms with Crippen LogP contribution in [0.1, 0.15) is 16.8 Å². The van der Waals surface area contributed by atoms with Gasteiger partial charge in [-0.2, -0.15) is 0 Å². The van der Waals surface area contributed by atoms with Crippen LogP contribution >= 0.6 is 0 Å². The Morgan fingerprint density at radius 3 is 2.64 bits per heavy atom. The van der Waals surface area contributed by atoms with Crippen molar-refractivity contribution in [3.63, 3.8) is 0 Å². The van der Waals surface area contributed by atoms with Crippen LogP contribution in [0.15, 0.2) is 61.1 Å². The van der Waals surface area contributed by atoms with E-state index >= 15 is 0 Å². The predicted octanol–water partition coefficient (Wildman–Crippen LogP) is 3.91. The zero-order valence-corrected chi connectivity index (χ0v) is 16.4. The van der Waals surface area contributed by atoms with Crippen molar-refractivity contribution in [2.45, 2.75) is 13.1 Å². The van der Waals surface area contributed by atoms with E-state index in [4.69, 9.17) is 4.74 Å². The molecular weight excluding hydrogens is 350 g/mol. The van der Waals surface area contributed by atoms with Gasteiger partial charge in [0, 0.05) is 42.0 Å². The minimum atomic E-state index is 0.602. The first-order chi connectivity index (χ1) is 13.6. The first-order valence-corrected chi connectivity index (χ1v) is 9.28. The first-order valence-electron chi connectivity index (χ1n) is 9.28. The Balaban J connectivity index is 1.59. The van der Waals surface area contributed by atoms with Gasteiger partial charge in [-0.1, -0.05) is 12.1 Å². The molecule has 1 aromatic carbocycles. The third kappa shape index (κ3) is 3.87. The van der Waals surface area contributed by atoms with E-state index in [1.807, 2.05) is 18.3 Å². The molecule has 0 bridgehead atoms. The molecule has 0 radical (unpaired) electrons. The van der Waals surface area contributed by atoms with Gasteiger partial charge in [0.05, 0.1) is 31.2 Å². The number of aromatic nitrogens is 2. The molecule has 144 valence electrons. The number of rotatable bonds is 6. The van der Waals surface area contributed by atoms with Crippen molar-refractivity contribution >= 4 is 17.1 Å². The Hall–Kier alpha value is -3.25. The van der Waals surface area contributed by atoms with Crippen molar-refractivity contribution in [3.05, 3.63) is 77.9 Å². The molecule has 1 aliphatic rings. The Labute approximate surface area is 165 Å². The molecule has 3 aromatic rings. The van der Waals surface area contributed by atoms with Crippen LogP contribution in [0.5, 0.6) is 5.88 Å². The van der Waals surface area contributed by atoms with Gasteiger partial charge in [0.1, 0.15) is 0 Å². The van der Waals surface area contributed by atoms with Crippen LogP contribution in [0, 0.1) is 0 Å². The Morgan fingerprint density at radius 1 is 1.14 bits per heavy atom. The average Bonchev–Trinajstić information content (AvgIpc) is 3.18. The zero-order valence-electron chi connectivity index (χ0n) is 16.4. The van der Waals surface area contributed by atoms with Crippen LogP contribution in [0.2, 0.25) is 0 Å². The molecule has 0 saturated carbocycles. The number of ether oxygens (including phenoxy) is 1. The number of methoxy groups -OCH3 is 1. The summed E-state index contributed by atoms with van der Waals surface area (Å²) in [6, 6.07) is 14.6. The average molecular weight is 375 g/mol. The summed E-state index contributed by atoms with van der Waals surface area (Å²) >= 11 is 0. The molecule has 2 N–H and O–H groups in total. The molecule has 2 aromatic heterocycles. The molecule has 0 fully saturated rings. The van der Waals surface area contributed by atoms with Crippen molar-refractivity contribution in [1.29, 1.82) is 0 Å². The van der Waals surface area contributed by atoms with Crippen LogP contribution in [0.25, 0.3) is 5.70 Å². The molecule has 0 atom stereocenters. The van der Waals surface area contributed by atoms with Gasteiger partial charge in [0.15, 0.2) is 0 Å². The standard InChI is InChI=1S/C22H25N5O/c1-26(2)13-16-4-7-18(8-5-16)27-14-20-19(10-11-23-20)21(15-27)25-17-6-9-22(28-3)24-12-17/h4-12,15,23,25H,13-14H2,1-3H3. The lowest BCUT2D eigenvalue weighted by molar-refractivity contribution is 0.398. The van der Waals surface area contributed by atoms with Crippen LogP contribution in [-0.4, -0.2) is 36.1 Å². The molecule has 0 unspecified atom stereocenters. The smallest absolute Gasteiger partial charge is 0.213 e. The minimum Gasteiger partial charge on any atom is -0.481 e. The van der Waals surface area contributed by atoms with E-state index in [9.17, 15) is 0 Å². The van der Waals surface area contributed by atoms with Crippen molar-refractivity contribution < 1.29 is 4.74 Å². The number of pyridine rings is 1. The monoisotopic (exact) mass is 375 g/mol. The maximum atomic E-state index is 5.14. The van der Waals surface area contributed by atoms with E-state index < -0.39 is 0 Å². The molecule has 0 spiro atoms. The number of nitrogens with zero attached hydrogens (tertiary/aromatic N) is 3. The lowest BCUT2D eigenvalue weighted by Crippen LogP contribution is -2.23. The molecule has 4 rings (SSSR count). The molecule has 1 aliphatic heterocycles. The second kappa shape index (κ2) is 7.78. The summed E-state index contributed by atoms with van der Waals surface area (Å²) in [6.07, 6.45) is 5.92. The number of anilines is 2. The van der Waals surface area contributed by atoms with E-state index in [1.54, 1.807) is 13.3 Å². The van der Waals surface area contributed by atoms with Crippen LogP contribution in [-0.2, 0) is 13.1 Å². The highest BCUT2D eigenvalue weighted by atomic mass is 16.5. The maximum Gasteiger partial charge on any atom is 0.213 e. The van der Waals surface area contributed by atoms with Gasteiger partial charge in [-0.3, -0.25) is 0 Å². The second-order valence-electron chi connectivity index (χ2n) is 7.16. The van der Waals surface area contributed by atoms with Crippen LogP contribution in [0.4, 0.5) is 11.4 Å². The van der Waals surface area contributed by atoms with Crippen molar-refractivity contribution in [2.24, 2.45) is 0 Å². The van der Waals surface area contributed by atoms with Gasteiger partial charge < -0.3 is 24.8 Å². The number of aromatic amines is 1. The normalized spacial score (nSPS) is 13.3. The van der Waals surface area contributed by atoms with E-state index in [1.165, 1.54) is 16.8 Å². The fourth-order valence-electron chi connectivity index (χ4n) is 3.38. The van der Waals surface area contributed by atoms with Gasteiger partial charge in [-0.05, 0) is 43.9 Å². The van der Waals surface area contributed by atoms with E-state index in [-0.39, 0.29) is 0 Å². The molecule has 6 nitrogen and oxygen atoms in total. The van der Waals surface area contributed by atoms with E-state index in [0.29, 0.717) is 5.88 Å². The summed E-state index contributed by atoms with van der Waals surface area (Å²) < 4.78 is 5.14. The van der Waals surface area contributed by atoms with Crippen molar-refractivity contribution in [3.8, 4) is 5.88 Å². The maximum absolute atomic E-state index is 5.14. The highest BCUT2D eigenvalue weighted by Crippen LogP contribution is 2.30. The third-order valence-electron chi connectivity index (χ3n) is 4.73. The van der Waals surface area contributed by atoms with Gasteiger partial charge in [0.2, 0.25) is 5.88 Å². The van der Waals surface area contributed by atoms with Gasteiger partial charge >= 0.3 is 0 Å². The van der Waals surface area contributed by atoms with Gasteiger partial charge in [-0.15, -0.1) is 0 Å². The highest BCUT2D eigenvalue weighted by molar-refractivity contribution is 5.81. The summed E-state index contributed by atoms with van der Waals surface area (Å²) in [5.74, 6) is 0.602. The summed E-state index contributed by atoms with van der Waals surface area (Å²) in [7, 11) is 5.78. The summed E-state index contributed by atoms with van der Waals surface area (Å²) in [5.41, 5.74) is 6.78. The molecular formula is C22H25N5O. The van der Waals surface area contributed by atoms with Crippen LogP contribution in [0.3, 0.4) is 0 Å². The van der Waals surface area contributed by atoms with E-state index in [2.05, 4.69) is 75.7 Å². The fourth-order valence-corrected chi connectivity index (χ4v) is 3.38. The largest absolute Gasteiger partial charge is 0.481 e. The summed E-state index contributed by atoms with van der Waals surface area (Å²) in [5, 5.41) is 3.49. The number of H-pyrrole nitrogens is 1. The summed E-state index contributed by atoms with van der Waals surface area (Å²) in [6.45, 7) is 1.75. The van der Waals surface area contributed by atoms with Crippen LogP contribution < -0.4 is 15.0 Å². The van der Waals surface area contributed by atoms with Gasteiger partial charge in [-0.25, -0.2) is 4.98 Å². The zero-order chi connectivity index (χ0) is 19.5. The molecule has 0 amide bonds. The molecule has 28 heavy (non-hydrogen) atoms. The SMILES string of the molecule is COc1ccc(NC2=CN(c3ccc(CN(C)C)cc3)Cc3[nH]ccc32)cn1. The van der Waals surface area contributed by atoms with Crippen molar-refractivity contribution in [1.82, 2.24) is 14.9 Å². The lowest BCUT2D eigenvalue weighted by atomic mass is 10.1. The number of fused-ring (bicyclic) bond motifs is 1. The van der Waals surface area contributed by atoms with Gasteiger partial charge in [0.25, 0.3) is 0 Å². The van der Waals surface area contributed by atoms with E-state index in [0.717, 1.165) is 30.2 Å². The molecule has 3 heterocycles. The predicted molar refractivity (Wildman–Crippen MR) is 113 cm³/mol. The molecule has 0 saturated heterocycles. The Bertz CT molecular complexity index is 957. The second-order valence-corrected chi connectivity index (χ2v) is 7.16. The first kappa shape index (κ1) is 18.1. The summed E-state index contributed by atoms with van der Waals surface area (Å²) in [4.78, 5) is 12.1. The number of nitrogens with one attached hydrogen (secondary N) is 2. The highest BCUT2D eigenvalue weighted by Gasteiger charge is 2.19. The number of benzene rings is 1. The Kier molecular flexibility index (Phi) is 5.04. The minimum absolute atomic E-state index is 0.602.